The van der Waals surface area contributed by atoms with E-state index in [-0.39, 0.29) is 5.91 Å². The lowest BCUT2D eigenvalue weighted by Crippen LogP contribution is -2.48. The topological polar surface area (TPSA) is 83.7 Å². The summed E-state index contributed by atoms with van der Waals surface area (Å²) in [5.41, 5.74) is 3.56. The summed E-state index contributed by atoms with van der Waals surface area (Å²) >= 11 is 16.7. The molecular formula is C27H33Cl2N5O3S. The van der Waals surface area contributed by atoms with Crippen LogP contribution in [0.3, 0.4) is 0 Å². The maximum atomic E-state index is 12.7. The van der Waals surface area contributed by atoms with Gasteiger partial charge in [-0.3, -0.25) is 14.7 Å². The molecule has 1 saturated heterocycles. The highest BCUT2D eigenvalue weighted by molar-refractivity contribution is 7.80. The SMILES string of the molecule is COc1cc(C)c(S)c(C)c1.O=C(c1coc(CNC2CC2)n1)N1CCN(Cc2c(Cl)cncc2Cl)CC1. The van der Waals surface area contributed by atoms with Gasteiger partial charge in [-0.25, -0.2) is 4.98 Å². The number of methoxy groups -OCH3 is 1. The number of aryl methyl sites for hydroxylation is 2. The zero-order valence-corrected chi connectivity index (χ0v) is 24.2. The van der Waals surface area contributed by atoms with Gasteiger partial charge in [0.25, 0.3) is 5.91 Å². The molecule has 1 N–H and O–H groups in total. The molecule has 2 aliphatic rings. The molecule has 0 radical (unpaired) electrons. The molecule has 204 valence electrons. The minimum atomic E-state index is -0.0870. The first-order valence-electron chi connectivity index (χ1n) is 12.6. The Bertz CT molecular complexity index is 1220. The van der Waals surface area contributed by atoms with Gasteiger partial charge in [0.2, 0.25) is 5.89 Å². The maximum Gasteiger partial charge on any atom is 0.275 e. The highest BCUT2D eigenvalue weighted by atomic mass is 35.5. The average Bonchev–Trinajstić information content (AvgIpc) is 3.63. The van der Waals surface area contributed by atoms with Crippen LogP contribution in [0.4, 0.5) is 0 Å². The third kappa shape index (κ3) is 7.64. The van der Waals surface area contributed by atoms with E-state index >= 15 is 0 Å². The van der Waals surface area contributed by atoms with Crippen molar-refractivity contribution >= 4 is 41.7 Å². The van der Waals surface area contributed by atoms with Gasteiger partial charge in [-0.1, -0.05) is 23.2 Å². The number of hydrogen-bond donors (Lipinski definition) is 2. The van der Waals surface area contributed by atoms with E-state index in [0.29, 0.717) is 53.9 Å². The minimum absolute atomic E-state index is 0.0870. The highest BCUT2D eigenvalue weighted by Crippen LogP contribution is 2.26. The summed E-state index contributed by atoms with van der Waals surface area (Å²) in [7, 11) is 1.67. The molecule has 1 aliphatic heterocycles. The van der Waals surface area contributed by atoms with Gasteiger partial charge in [0, 0.05) is 61.6 Å². The molecule has 0 spiro atoms. The number of halogens is 2. The van der Waals surface area contributed by atoms with Gasteiger partial charge in [-0.15, -0.1) is 12.6 Å². The van der Waals surface area contributed by atoms with E-state index in [2.05, 4.69) is 32.8 Å². The number of aromatic nitrogens is 2. The minimum Gasteiger partial charge on any atom is -0.497 e. The molecule has 2 fully saturated rings. The second-order valence-electron chi connectivity index (χ2n) is 9.54. The standard InChI is InChI=1S/C18H21Cl2N5O2.C9H12OS/c19-14-7-21-8-15(20)13(14)10-24-3-5-25(6-4-24)18(26)16-11-27-17(23-16)9-22-12-1-2-12;1-6-4-8(10-3)5-7(2)9(6)11/h7-8,11-12,22H,1-6,9-10H2;4-5,11H,1-3H3. The van der Waals surface area contributed by atoms with Crippen LogP contribution >= 0.6 is 35.8 Å². The van der Waals surface area contributed by atoms with Crippen molar-refractivity contribution < 1.29 is 13.9 Å². The van der Waals surface area contributed by atoms with Gasteiger partial charge >= 0.3 is 0 Å². The summed E-state index contributed by atoms with van der Waals surface area (Å²) in [4.78, 5) is 26.0. The van der Waals surface area contributed by atoms with Crippen LogP contribution in [0.25, 0.3) is 0 Å². The Morgan fingerprint density at radius 1 is 1.13 bits per heavy atom. The predicted octanol–water partition coefficient (Wildman–Crippen LogP) is 5.19. The van der Waals surface area contributed by atoms with Crippen molar-refractivity contribution in [2.24, 2.45) is 0 Å². The smallest absolute Gasteiger partial charge is 0.275 e. The Hall–Kier alpha value is -2.30. The van der Waals surface area contributed by atoms with Gasteiger partial charge in [-0.2, -0.15) is 0 Å². The number of benzene rings is 1. The van der Waals surface area contributed by atoms with Crippen LogP contribution in [-0.2, 0) is 13.1 Å². The molecule has 8 nitrogen and oxygen atoms in total. The number of thiol groups is 1. The molecule has 11 heteroatoms. The van der Waals surface area contributed by atoms with Crippen molar-refractivity contribution in [1.29, 1.82) is 0 Å². The Balaban J connectivity index is 0.000000257. The molecular weight excluding hydrogens is 545 g/mol. The van der Waals surface area contributed by atoms with Crippen molar-refractivity contribution in [3.63, 3.8) is 0 Å². The largest absolute Gasteiger partial charge is 0.497 e. The van der Waals surface area contributed by atoms with Gasteiger partial charge in [0.05, 0.1) is 23.7 Å². The van der Waals surface area contributed by atoms with E-state index in [9.17, 15) is 4.79 Å². The lowest BCUT2D eigenvalue weighted by Gasteiger charge is -2.34. The second kappa shape index (κ2) is 13.2. The lowest BCUT2D eigenvalue weighted by molar-refractivity contribution is 0.0622. The number of hydrogen-bond acceptors (Lipinski definition) is 8. The average molecular weight is 579 g/mol. The number of oxazole rings is 1. The molecule has 3 heterocycles. The number of carbonyl (C=O) groups excluding carboxylic acids is 1. The van der Waals surface area contributed by atoms with Crippen molar-refractivity contribution in [1.82, 2.24) is 25.1 Å². The lowest BCUT2D eigenvalue weighted by atomic mass is 10.1. The number of nitrogens with zero attached hydrogens (tertiary/aromatic N) is 4. The highest BCUT2D eigenvalue weighted by Gasteiger charge is 2.26. The van der Waals surface area contributed by atoms with Gasteiger partial charge in [-0.05, 0) is 49.9 Å². The van der Waals surface area contributed by atoms with Crippen LogP contribution in [0.2, 0.25) is 10.0 Å². The fraction of sp³-hybridized carbons (Fsp3) is 0.444. The third-order valence-corrected chi connectivity index (χ3v) is 7.94. The van der Waals surface area contributed by atoms with Crippen LogP contribution in [-0.4, -0.2) is 65.0 Å². The van der Waals surface area contributed by atoms with Crippen molar-refractivity contribution in [3.05, 3.63) is 69.1 Å². The number of nitrogens with one attached hydrogen (secondary N) is 1. The third-order valence-electron chi connectivity index (χ3n) is 6.58. The predicted molar refractivity (Wildman–Crippen MR) is 152 cm³/mol. The van der Waals surface area contributed by atoms with Crippen LogP contribution in [0, 0.1) is 13.8 Å². The Labute approximate surface area is 239 Å². The number of carbonyl (C=O) groups is 1. The normalized spacial score (nSPS) is 15.7. The molecule has 5 rings (SSSR count). The monoisotopic (exact) mass is 577 g/mol. The van der Waals surface area contributed by atoms with E-state index in [1.165, 1.54) is 19.1 Å². The van der Waals surface area contributed by atoms with E-state index in [4.69, 9.17) is 32.4 Å². The maximum absolute atomic E-state index is 12.7. The quantitative estimate of drug-likeness (QED) is 0.374. The zero-order chi connectivity index (χ0) is 27.2. The van der Waals surface area contributed by atoms with E-state index < -0.39 is 0 Å². The molecule has 0 atom stereocenters. The van der Waals surface area contributed by atoms with Gasteiger partial charge < -0.3 is 19.4 Å². The first-order valence-corrected chi connectivity index (χ1v) is 13.8. The Kier molecular flexibility index (Phi) is 9.95. The number of rotatable bonds is 7. The van der Waals surface area contributed by atoms with Crippen molar-refractivity contribution in [2.45, 2.75) is 50.7 Å². The van der Waals surface area contributed by atoms with E-state index in [0.717, 1.165) is 40.4 Å². The summed E-state index contributed by atoms with van der Waals surface area (Å²) in [6.45, 7) is 8.00. The number of ether oxygens (including phenoxy) is 1. The summed E-state index contributed by atoms with van der Waals surface area (Å²) in [6.07, 6.45) is 7.06. The fourth-order valence-corrected chi connectivity index (χ4v) is 4.74. The molecule has 1 aromatic carbocycles. The van der Waals surface area contributed by atoms with E-state index in [1.807, 2.05) is 30.9 Å². The molecule has 3 aromatic rings. The Morgan fingerprint density at radius 3 is 2.34 bits per heavy atom. The summed E-state index contributed by atoms with van der Waals surface area (Å²) in [6, 6.07) is 4.54. The first-order chi connectivity index (χ1) is 18.2. The molecule has 1 saturated carbocycles. The number of piperazine rings is 1. The molecule has 1 aliphatic carbocycles. The van der Waals surface area contributed by atoms with Crippen molar-refractivity contribution in [3.8, 4) is 5.75 Å². The summed E-state index contributed by atoms with van der Waals surface area (Å²) in [5, 5.41) is 4.46. The Morgan fingerprint density at radius 2 is 1.76 bits per heavy atom. The fourth-order valence-electron chi connectivity index (χ4n) is 4.13. The van der Waals surface area contributed by atoms with Gasteiger partial charge in [0.1, 0.15) is 12.0 Å². The number of amides is 1. The van der Waals surface area contributed by atoms with Crippen LogP contribution in [0.5, 0.6) is 5.75 Å². The van der Waals surface area contributed by atoms with Crippen LogP contribution < -0.4 is 10.1 Å². The van der Waals surface area contributed by atoms with Crippen LogP contribution in [0.1, 0.15) is 45.9 Å². The number of pyridine rings is 1. The van der Waals surface area contributed by atoms with Gasteiger partial charge in [0.15, 0.2) is 5.69 Å². The molecule has 0 bridgehead atoms. The first kappa shape index (κ1) is 28.7. The molecule has 38 heavy (non-hydrogen) atoms. The molecule has 2 aromatic heterocycles. The van der Waals surface area contributed by atoms with Crippen molar-refractivity contribution in [2.75, 3.05) is 33.3 Å². The second-order valence-corrected chi connectivity index (χ2v) is 10.8. The molecule has 0 unspecified atom stereocenters. The summed E-state index contributed by atoms with van der Waals surface area (Å²) in [5.74, 6) is 1.37. The van der Waals surface area contributed by atoms with E-state index in [1.54, 1.807) is 19.5 Å². The van der Waals surface area contributed by atoms with Crippen LogP contribution in [0.15, 0.2) is 40.1 Å². The summed E-state index contributed by atoms with van der Waals surface area (Å²) < 4.78 is 10.5. The zero-order valence-electron chi connectivity index (χ0n) is 21.8. The molecule has 1 amide bonds.